The van der Waals surface area contributed by atoms with Crippen molar-refractivity contribution in [3.63, 3.8) is 0 Å². The number of benzene rings is 2. The standard InChI is InChI=1S/C19H16ClN3O2/c1-13-11-18(25)23(12-17(24)22-16-5-3-2-4-6-16)19(21-13)14-7-9-15(20)10-8-14/h2-11H,12H2,1H3,(H,22,24). The van der Waals surface area contributed by atoms with Crippen molar-refractivity contribution in [2.24, 2.45) is 0 Å². The Labute approximate surface area is 149 Å². The van der Waals surface area contributed by atoms with Gasteiger partial charge in [-0.2, -0.15) is 0 Å². The van der Waals surface area contributed by atoms with Crippen LogP contribution >= 0.6 is 11.6 Å². The third kappa shape index (κ3) is 4.14. The van der Waals surface area contributed by atoms with E-state index in [9.17, 15) is 9.59 Å². The zero-order valence-corrected chi connectivity index (χ0v) is 14.3. The predicted octanol–water partition coefficient (Wildman–Crippen LogP) is 3.51. The Kier molecular flexibility index (Phi) is 4.95. The van der Waals surface area contributed by atoms with Crippen LogP contribution in [0.25, 0.3) is 11.4 Å². The second kappa shape index (κ2) is 7.32. The van der Waals surface area contributed by atoms with Crippen molar-refractivity contribution >= 4 is 23.2 Å². The summed E-state index contributed by atoms with van der Waals surface area (Å²) in [5, 5.41) is 3.36. The molecule has 1 aromatic heterocycles. The molecule has 0 aliphatic heterocycles. The van der Waals surface area contributed by atoms with E-state index in [2.05, 4.69) is 10.3 Å². The Morgan fingerprint density at radius 1 is 1.12 bits per heavy atom. The minimum absolute atomic E-state index is 0.126. The molecule has 2 aromatic carbocycles. The molecule has 0 fully saturated rings. The number of hydrogen-bond donors (Lipinski definition) is 1. The Morgan fingerprint density at radius 2 is 1.80 bits per heavy atom. The number of hydrogen-bond acceptors (Lipinski definition) is 3. The van der Waals surface area contributed by atoms with Crippen LogP contribution in [-0.2, 0) is 11.3 Å². The molecule has 0 spiro atoms. The summed E-state index contributed by atoms with van der Waals surface area (Å²) in [6.45, 7) is 1.62. The molecule has 0 saturated carbocycles. The van der Waals surface area contributed by atoms with Gasteiger partial charge >= 0.3 is 0 Å². The molecule has 25 heavy (non-hydrogen) atoms. The first-order valence-electron chi connectivity index (χ1n) is 7.72. The third-order valence-electron chi connectivity index (χ3n) is 3.60. The van der Waals surface area contributed by atoms with Crippen LogP contribution in [0.4, 0.5) is 5.69 Å². The summed E-state index contributed by atoms with van der Waals surface area (Å²) in [6, 6.07) is 17.5. The molecular formula is C19H16ClN3O2. The van der Waals surface area contributed by atoms with Crippen molar-refractivity contribution in [2.75, 3.05) is 5.32 Å². The minimum atomic E-state index is -0.297. The third-order valence-corrected chi connectivity index (χ3v) is 3.85. The van der Waals surface area contributed by atoms with E-state index in [1.54, 1.807) is 43.3 Å². The zero-order chi connectivity index (χ0) is 17.8. The number of nitrogens with zero attached hydrogens (tertiary/aromatic N) is 2. The van der Waals surface area contributed by atoms with Crippen LogP contribution in [0.5, 0.6) is 0 Å². The van der Waals surface area contributed by atoms with E-state index in [0.29, 0.717) is 22.2 Å². The first-order valence-corrected chi connectivity index (χ1v) is 8.10. The fraction of sp³-hybridized carbons (Fsp3) is 0.105. The first-order chi connectivity index (χ1) is 12.0. The van der Waals surface area contributed by atoms with Crippen LogP contribution in [0.1, 0.15) is 5.69 Å². The molecule has 126 valence electrons. The molecule has 0 aliphatic carbocycles. The van der Waals surface area contributed by atoms with Crippen LogP contribution < -0.4 is 10.9 Å². The lowest BCUT2D eigenvalue weighted by Crippen LogP contribution is -2.29. The highest BCUT2D eigenvalue weighted by Crippen LogP contribution is 2.19. The molecule has 1 heterocycles. The van der Waals surface area contributed by atoms with Gasteiger partial charge in [0.1, 0.15) is 12.4 Å². The predicted molar refractivity (Wildman–Crippen MR) is 98.8 cm³/mol. The second-order valence-electron chi connectivity index (χ2n) is 5.57. The van der Waals surface area contributed by atoms with Crippen molar-refractivity contribution in [1.82, 2.24) is 9.55 Å². The molecule has 0 bridgehead atoms. The van der Waals surface area contributed by atoms with Gasteiger partial charge in [-0.3, -0.25) is 14.2 Å². The van der Waals surface area contributed by atoms with Crippen LogP contribution in [0.3, 0.4) is 0 Å². The van der Waals surface area contributed by atoms with Crippen molar-refractivity contribution in [3.8, 4) is 11.4 Å². The highest BCUT2D eigenvalue weighted by molar-refractivity contribution is 6.30. The quantitative estimate of drug-likeness (QED) is 0.780. The SMILES string of the molecule is Cc1cc(=O)n(CC(=O)Nc2ccccc2)c(-c2ccc(Cl)cc2)n1. The number of rotatable bonds is 4. The summed E-state index contributed by atoms with van der Waals surface area (Å²) < 4.78 is 1.36. The molecule has 0 radical (unpaired) electrons. The van der Waals surface area contributed by atoms with Crippen LogP contribution in [0.15, 0.2) is 65.5 Å². The van der Waals surface area contributed by atoms with Gasteiger partial charge in [-0.05, 0) is 43.3 Å². The highest BCUT2D eigenvalue weighted by Gasteiger charge is 2.13. The van der Waals surface area contributed by atoms with E-state index in [4.69, 9.17) is 11.6 Å². The minimum Gasteiger partial charge on any atom is -0.325 e. The number of halogens is 1. The molecule has 0 saturated heterocycles. The molecule has 1 N–H and O–H groups in total. The Hall–Kier alpha value is -2.92. The van der Waals surface area contributed by atoms with E-state index in [0.717, 1.165) is 5.56 Å². The van der Waals surface area contributed by atoms with Gasteiger partial charge in [-0.25, -0.2) is 4.98 Å². The average Bonchev–Trinajstić information content (AvgIpc) is 2.59. The number of amides is 1. The average molecular weight is 354 g/mol. The normalized spacial score (nSPS) is 10.5. The summed E-state index contributed by atoms with van der Waals surface area (Å²) in [6.07, 6.45) is 0. The first kappa shape index (κ1) is 16.9. The van der Waals surface area contributed by atoms with E-state index in [-0.39, 0.29) is 18.0 Å². The molecule has 6 heteroatoms. The number of carbonyl (C=O) groups excluding carboxylic acids is 1. The van der Waals surface area contributed by atoms with Gasteiger partial charge in [0, 0.05) is 28.0 Å². The number of aryl methyl sites for hydroxylation is 1. The Morgan fingerprint density at radius 3 is 2.48 bits per heavy atom. The van der Waals surface area contributed by atoms with Crippen molar-refractivity contribution in [3.05, 3.63) is 81.7 Å². The van der Waals surface area contributed by atoms with Crippen LogP contribution in [0.2, 0.25) is 5.02 Å². The molecule has 3 aromatic rings. The van der Waals surface area contributed by atoms with Crippen LogP contribution in [0, 0.1) is 6.92 Å². The summed E-state index contributed by atoms with van der Waals surface area (Å²) in [7, 11) is 0. The zero-order valence-electron chi connectivity index (χ0n) is 13.6. The monoisotopic (exact) mass is 353 g/mol. The number of aromatic nitrogens is 2. The lowest BCUT2D eigenvalue weighted by Gasteiger charge is -2.13. The maximum absolute atomic E-state index is 12.4. The second-order valence-corrected chi connectivity index (χ2v) is 6.00. The summed E-state index contributed by atoms with van der Waals surface area (Å²) in [4.78, 5) is 29.2. The van der Waals surface area contributed by atoms with E-state index in [1.165, 1.54) is 10.6 Å². The van der Waals surface area contributed by atoms with Gasteiger partial charge in [0.25, 0.3) is 5.56 Å². The van der Waals surface area contributed by atoms with E-state index >= 15 is 0 Å². The fourth-order valence-corrected chi connectivity index (χ4v) is 2.58. The summed E-state index contributed by atoms with van der Waals surface area (Å²) in [5.41, 5.74) is 1.71. The molecule has 1 amide bonds. The lowest BCUT2D eigenvalue weighted by molar-refractivity contribution is -0.116. The number of carbonyl (C=O) groups is 1. The van der Waals surface area contributed by atoms with E-state index in [1.807, 2.05) is 18.2 Å². The smallest absolute Gasteiger partial charge is 0.254 e. The van der Waals surface area contributed by atoms with Gasteiger partial charge < -0.3 is 5.32 Å². The van der Waals surface area contributed by atoms with Crippen LogP contribution in [-0.4, -0.2) is 15.5 Å². The maximum atomic E-state index is 12.4. The van der Waals surface area contributed by atoms with Crippen molar-refractivity contribution in [1.29, 1.82) is 0 Å². The number of nitrogens with one attached hydrogen (secondary N) is 1. The van der Waals surface area contributed by atoms with Crippen molar-refractivity contribution < 1.29 is 4.79 Å². The fourth-order valence-electron chi connectivity index (χ4n) is 2.46. The largest absolute Gasteiger partial charge is 0.325 e. The van der Waals surface area contributed by atoms with Gasteiger partial charge in [0.15, 0.2) is 0 Å². The molecule has 3 rings (SSSR count). The maximum Gasteiger partial charge on any atom is 0.254 e. The lowest BCUT2D eigenvalue weighted by atomic mass is 10.2. The topological polar surface area (TPSA) is 64.0 Å². The molecule has 0 atom stereocenters. The molecule has 0 aliphatic rings. The Balaban J connectivity index is 1.94. The molecule has 5 nitrogen and oxygen atoms in total. The number of anilines is 1. The summed E-state index contributed by atoms with van der Waals surface area (Å²) >= 11 is 5.92. The van der Waals surface area contributed by atoms with E-state index < -0.39 is 0 Å². The van der Waals surface area contributed by atoms with Crippen molar-refractivity contribution in [2.45, 2.75) is 13.5 Å². The Bertz CT molecular complexity index is 951. The van der Waals surface area contributed by atoms with Gasteiger partial charge in [0.2, 0.25) is 5.91 Å². The summed E-state index contributed by atoms with van der Waals surface area (Å²) in [5.74, 6) is 0.138. The highest BCUT2D eigenvalue weighted by atomic mass is 35.5. The number of para-hydroxylation sites is 1. The van der Waals surface area contributed by atoms with Gasteiger partial charge in [-0.1, -0.05) is 29.8 Å². The molecule has 0 unspecified atom stereocenters. The molecular weight excluding hydrogens is 338 g/mol. The van der Waals surface area contributed by atoms with Gasteiger partial charge in [-0.15, -0.1) is 0 Å². The van der Waals surface area contributed by atoms with Gasteiger partial charge in [0.05, 0.1) is 0 Å².